The molecule has 0 saturated heterocycles. The number of carbonyl (C=O) groups is 1. The van der Waals surface area contributed by atoms with Crippen molar-refractivity contribution in [2.45, 2.75) is 20.0 Å². The van der Waals surface area contributed by atoms with Crippen molar-refractivity contribution >= 4 is 11.6 Å². The highest BCUT2D eigenvalue weighted by Crippen LogP contribution is 2.31. The van der Waals surface area contributed by atoms with E-state index in [1.54, 1.807) is 31.2 Å². The monoisotopic (exact) mass is 376 g/mol. The number of ether oxygens (including phenoxy) is 1. The molecule has 0 atom stereocenters. The summed E-state index contributed by atoms with van der Waals surface area (Å²) in [5.41, 5.74) is -1.38. The van der Waals surface area contributed by atoms with Gasteiger partial charge in [0.2, 0.25) is 0 Å². The number of hydrogen-bond donors (Lipinski definition) is 0. The molecule has 5 nitrogen and oxygen atoms in total. The molecule has 3 aromatic rings. The first-order chi connectivity index (χ1) is 12.7. The highest BCUT2D eigenvalue weighted by Gasteiger charge is 2.36. The topological polar surface area (TPSA) is 60.7 Å². The second-order valence-corrected chi connectivity index (χ2v) is 5.80. The Bertz CT molecular complexity index is 1070. The van der Waals surface area contributed by atoms with Crippen LogP contribution in [0.25, 0.3) is 16.8 Å². The summed E-state index contributed by atoms with van der Waals surface area (Å²) < 4.78 is 45.7. The van der Waals surface area contributed by atoms with Gasteiger partial charge in [-0.05, 0) is 43.7 Å². The third-order valence-electron chi connectivity index (χ3n) is 4.06. The lowest BCUT2D eigenvalue weighted by atomic mass is 10.0. The number of rotatable bonds is 3. The molecule has 2 aromatic heterocycles. The van der Waals surface area contributed by atoms with Crippen molar-refractivity contribution in [3.63, 3.8) is 0 Å². The van der Waals surface area contributed by atoms with Crippen LogP contribution in [-0.2, 0) is 10.9 Å². The van der Waals surface area contributed by atoms with Gasteiger partial charge in [0.25, 0.3) is 5.56 Å². The third-order valence-corrected chi connectivity index (χ3v) is 4.06. The van der Waals surface area contributed by atoms with Crippen LogP contribution in [0.4, 0.5) is 13.2 Å². The molecule has 0 amide bonds. The van der Waals surface area contributed by atoms with Crippen LogP contribution in [-0.4, -0.2) is 22.0 Å². The summed E-state index contributed by atoms with van der Waals surface area (Å²) in [4.78, 5) is 27.8. The lowest BCUT2D eigenvalue weighted by molar-refractivity contribution is -0.141. The minimum atomic E-state index is -4.74. The Kier molecular flexibility index (Phi) is 4.73. The first-order valence-corrected chi connectivity index (χ1v) is 8.10. The van der Waals surface area contributed by atoms with Gasteiger partial charge in [-0.3, -0.25) is 9.20 Å². The molecule has 0 spiro atoms. The smallest absolute Gasteiger partial charge is 0.433 e. The molecule has 0 bridgehead atoms. The zero-order valence-electron chi connectivity index (χ0n) is 14.5. The van der Waals surface area contributed by atoms with E-state index in [9.17, 15) is 22.8 Å². The molecule has 8 heteroatoms. The van der Waals surface area contributed by atoms with E-state index in [0.717, 1.165) is 11.3 Å². The Balaban J connectivity index is 2.19. The van der Waals surface area contributed by atoms with Gasteiger partial charge in [-0.25, -0.2) is 9.78 Å². The Hall–Kier alpha value is -3.16. The van der Waals surface area contributed by atoms with E-state index in [0.29, 0.717) is 16.7 Å². The van der Waals surface area contributed by atoms with Crippen LogP contribution in [0.2, 0.25) is 0 Å². The quantitative estimate of drug-likeness (QED) is 0.651. The molecule has 140 valence electrons. The van der Waals surface area contributed by atoms with Crippen LogP contribution in [0.3, 0.4) is 0 Å². The first-order valence-electron chi connectivity index (χ1n) is 8.10. The fourth-order valence-electron chi connectivity index (χ4n) is 2.75. The van der Waals surface area contributed by atoms with Crippen LogP contribution >= 0.6 is 0 Å². The standard InChI is InChI=1S/C19H15F3N2O3/c1-3-27-18(26)13-8-6-12(7-9-13)14-5-4-10-24-16(14)23-15(19(20,21)22)11(2)17(24)25/h4-10H,3H2,1-2H3. The van der Waals surface area contributed by atoms with Crippen molar-refractivity contribution in [3.05, 3.63) is 69.8 Å². The lowest BCUT2D eigenvalue weighted by Gasteiger charge is -2.13. The van der Waals surface area contributed by atoms with E-state index in [1.165, 1.54) is 18.3 Å². The molecule has 0 aliphatic heterocycles. The summed E-state index contributed by atoms with van der Waals surface area (Å²) in [5.74, 6) is -0.494. The van der Waals surface area contributed by atoms with Crippen molar-refractivity contribution in [1.29, 1.82) is 0 Å². The zero-order chi connectivity index (χ0) is 19.8. The third kappa shape index (κ3) is 3.42. The van der Waals surface area contributed by atoms with Crippen molar-refractivity contribution in [2.75, 3.05) is 6.61 Å². The Morgan fingerprint density at radius 1 is 1.19 bits per heavy atom. The predicted octanol–water partition coefficient (Wildman–Crippen LogP) is 3.87. The van der Waals surface area contributed by atoms with Crippen LogP contribution in [0, 0.1) is 6.92 Å². The minimum Gasteiger partial charge on any atom is -0.462 e. The maximum Gasteiger partial charge on any atom is 0.433 e. The van der Waals surface area contributed by atoms with E-state index in [4.69, 9.17) is 4.74 Å². The second-order valence-electron chi connectivity index (χ2n) is 5.80. The summed E-state index contributed by atoms with van der Waals surface area (Å²) in [6.45, 7) is 3.02. The van der Waals surface area contributed by atoms with E-state index >= 15 is 0 Å². The van der Waals surface area contributed by atoms with E-state index in [2.05, 4.69) is 4.98 Å². The van der Waals surface area contributed by atoms with Crippen molar-refractivity contribution in [3.8, 4) is 11.1 Å². The molecule has 0 saturated carbocycles. The Labute approximate surface area is 152 Å². The molecule has 2 heterocycles. The average molecular weight is 376 g/mol. The molecule has 0 radical (unpaired) electrons. The maximum atomic E-state index is 13.2. The van der Waals surface area contributed by atoms with Crippen LogP contribution in [0.15, 0.2) is 47.4 Å². The van der Waals surface area contributed by atoms with E-state index in [1.807, 2.05) is 0 Å². The highest BCUT2D eigenvalue weighted by atomic mass is 19.4. The Morgan fingerprint density at radius 2 is 1.85 bits per heavy atom. The van der Waals surface area contributed by atoms with Gasteiger partial charge >= 0.3 is 12.1 Å². The number of esters is 1. The number of alkyl halides is 3. The van der Waals surface area contributed by atoms with Gasteiger partial charge in [0, 0.05) is 17.3 Å². The summed E-state index contributed by atoms with van der Waals surface area (Å²) in [5, 5.41) is 0. The zero-order valence-corrected chi connectivity index (χ0v) is 14.5. The van der Waals surface area contributed by atoms with Gasteiger partial charge < -0.3 is 4.74 Å². The van der Waals surface area contributed by atoms with Gasteiger partial charge in [-0.2, -0.15) is 13.2 Å². The molecule has 0 aliphatic rings. The maximum absolute atomic E-state index is 13.2. The molecular weight excluding hydrogens is 361 g/mol. The van der Waals surface area contributed by atoms with E-state index in [-0.39, 0.29) is 12.3 Å². The summed E-state index contributed by atoms with van der Waals surface area (Å²) in [6, 6.07) is 9.28. The van der Waals surface area contributed by atoms with Crippen LogP contribution in [0.1, 0.15) is 28.5 Å². The summed E-state index contributed by atoms with van der Waals surface area (Å²) in [7, 11) is 0. The summed E-state index contributed by atoms with van der Waals surface area (Å²) in [6.07, 6.45) is -3.37. The molecule has 27 heavy (non-hydrogen) atoms. The number of pyridine rings is 1. The minimum absolute atomic E-state index is 0.107. The number of halogens is 3. The van der Waals surface area contributed by atoms with Gasteiger partial charge in [0.05, 0.1) is 12.2 Å². The normalized spacial score (nSPS) is 11.6. The van der Waals surface area contributed by atoms with Gasteiger partial charge in [-0.1, -0.05) is 12.1 Å². The van der Waals surface area contributed by atoms with Gasteiger partial charge in [0.15, 0.2) is 5.69 Å². The molecule has 0 fully saturated rings. The van der Waals surface area contributed by atoms with Gasteiger partial charge in [-0.15, -0.1) is 0 Å². The number of nitrogens with zero attached hydrogens (tertiary/aromatic N) is 2. The van der Waals surface area contributed by atoms with Crippen LogP contribution in [0.5, 0.6) is 0 Å². The van der Waals surface area contributed by atoms with Crippen LogP contribution < -0.4 is 5.56 Å². The van der Waals surface area contributed by atoms with E-state index < -0.39 is 29.0 Å². The number of benzene rings is 1. The lowest BCUT2D eigenvalue weighted by Crippen LogP contribution is -2.24. The first kappa shape index (κ1) is 18.6. The number of aromatic nitrogens is 2. The molecule has 0 unspecified atom stereocenters. The molecule has 0 aliphatic carbocycles. The fourth-order valence-corrected chi connectivity index (χ4v) is 2.75. The fraction of sp³-hybridized carbons (Fsp3) is 0.211. The van der Waals surface area contributed by atoms with Crippen molar-refractivity contribution < 1.29 is 22.7 Å². The highest BCUT2D eigenvalue weighted by molar-refractivity contribution is 5.90. The largest absolute Gasteiger partial charge is 0.462 e. The number of carbonyl (C=O) groups excluding carboxylic acids is 1. The average Bonchev–Trinajstić information content (AvgIpc) is 2.63. The van der Waals surface area contributed by atoms with Crippen molar-refractivity contribution in [1.82, 2.24) is 9.38 Å². The summed E-state index contributed by atoms with van der Waals surface area (Å²) >= 11 is 0. The molecule has 0 N–H and O–H groups in total. The SMILES string of the molecule is CCOC(=O)c1ccc(-c2cccn3c(=O)c(C)c(C(F)(F)F)nc23)cc1. The molecular formula is C19H15F3N2O3. The van der Waals surface area contributed by atoms with Gasteiger partial charge in [0.1, 0.15) is 5.65 Å². The number of hydrogen-bond acceptors (Lipinski definition) is 4. The predicted molar refractivity (Wildman–Crippen MR) is 92.6 cm³/mol. The number of fused-ring (bicyclic) bond motifs is 1. The second kappa shape index (κ2) is 6.86. The molecule has 3 rings (SSSR count). The Morgan fingerprint density at radius 3 is 2.44 bits per heavy atom. The van der Waals surface area contributed by atoms with Crippen molar-refractivity contribution in [2.24, 2.45) is 0 Å². The molecule has 1 aromatic carbocycles.